The summed E-state index contributed by atoms with van der Waals surface area (Å²) in [6.45, 7) is 4.42. The summed E-state index contributed by atoms with van der Waals surface area (Å²) in [5.74, 6) is 1.05. The van der Waals surface area contributed by atoms with E-state index in [0.29, 0.717) is 0 Å². The highest BCUT2D eigenvalue weighted by Gasteiger charge is 2.42. The van der Waals surface area contributed by atoms with E-state index in [0.717, 1.165) is 11.3 Å². The Labute approximate surface area is 288 Å². The van der Waals surface area contributed by atoms with Gasteiger partial charge in [-0.05, 0) is 83.9 Å². The standard InChI is InChI=1S/C45H29BN4/c1-26-12-8-13-27(2)41(26)45-47-36-21-10-19-31-30-17-11-23-38-42(30)46(50(45)44(31)36)35-20-9-18-32-34-25-39-33(24-40(34)49(38)43(32)35)29-16-6-7-22-37(29)48(39)28-14-4-3-5-15-28/h3-25H,1-2H3. The van der Waals surface area contributed by atoms with Crippen molar-refractivity contribution in [2.24, 2.45) is 0 Å². The van der Waals surface area contributed by atoms with E-state index in [4.69, 9.17) is 4.98 Å². The maximum absolute atomic E-state index is 5.42. The van der Waals surface area contributed by atoms with Crippen LogP contribution < -0.4 is 10.9 Å². The van der Waals surface area contributed by atoms with Gasteiger partial charge in [0.15, 0.2) is 0 Å². The van der Waals surface area contributed by atoms with Gasteiger partial charge in [-0.25, -0.2) is 4.98 Å². The number of hydrogen-bond acceptors (Lipinski definition) is 1. The van der Waals surface area contributed by atoms with Gasteiger partial charge in [0.2, 0.25) is 0 Å². The predicted octanol–water partition coefficient (Wildman–Crippen LogP) is 9.46. The van der Waals surface area contributed by atoms with Crippen LogP contribution in [-0.4, -0.2) is 25.4 Å². The second-order valence-corrected chi connectivity index (χ2v) is 14.0. The molecule has 5 heteroatoms. The van der Waals surface area contributed by atoms with Crippen LogP contribution in [0.3, 0.4) is 0 Å². The van der Waals surface area contributed by atoms with Crippen molar-refractivity contribution >= 4 is 72.4 Å². The van der Waals surface area contributed by atoms with E-state index >= 15 is 0 Å². The maximum Gasteiger partial charge on any atom is 0.334 e. The van der Waals surface area contributed by atoms with Crippen LogP contribution in [0, 0.1) is 13.8 Å². The van der Waals surface area contributed by atoms with Crippen molar-refractivity contribution in [1.29, 1.82) is 0 Å². The van der Waals surface area contributed by atoms with E-state index in [-0.39, 0.29) is 6.85 Å². The van der Waals surface area contributed by atoms with Gasteiger partial charge >= 0.3 is 6.85 Å². The van der Waals surface area contributed by atoms with E-state index in [1.165, 1.54) is 99.2 Å². The molecule has 0 saturated heterocycles. The molecule has 0 fully saturated rings. The number of fused-ring (bicyclic) bond motifs is 10. The van der Waals surface area contributed by atoms with Gasteiger partial charge in [0.1, 0.15) is 5.82 Å². The Morgan fingerprint density at radius 1 is 0.520 bits per heavy atom. The van der Waals surface area contributed by atoms with Crippen LogP contribution in [0.2, 0.25) is 0 Å². The van der Waals surface area contributed by atoms with Gasteiger partial charge in [0.05, 0.1) is 33.1 Å². The Bertz CT molecular complexity index is 3100. The van der Waals surface area contributed by atoms with Crippen LogP contribution in [0.25, 0.3) is 88.5 Å². The van der Waals surface area contributed by atoms with Crippen LogP contribution in [0.1, 0.15) is 11.1 Å². The minimum absolute atomic E-state index is 0.0102. The van der Waals surface area contributed by atoms with Crippen molar-refractivity contribution < 1.29 is 0 Å². The zero-order valence-electron chi connectivity index (χ0n) is 27.6. The average Bonchev–Trinajstić information content (AvgIpc) is 3.80. The second-order valence-electron chi connectivity index (χ2n) is 14.0. The molecule has 232 valence electrons. The van der Waals surface area contributed by atoms with Gasteiger partial charge in [-0.15, -0.1) is 0 Å². The van der Waals surface area contributed by atoms with Crippen molar-refractivity contribution in [3.63, 3.8) is 0 Å². The zero-order chi connectivity index (χ0) is 32.8. The fourth-order valence-electron chi connectivity index (χ4n) is 9.53. The molecular weight excluding hydrogens is 607 g/mol. The normalized spacial score (nSPS) is 13.0. The van der Waals surface area contributed by atoms with Crippen LogP contribution in [-0.2, 0) is 0 Å². The molecule has 3 aromatic heterocycles. The number of benzene rings is 7. The molecule has 0 amide bonds. The number of hydrogen-bond donors (Lipinski definition) is 0. The quantitative estimate of drug-likeness (QED) is 0.174. The Morgan fingerprint density at radius 2 is 1.20 bits per heavy atom. The molecule has 12 rings (SSSR count). The zero-order valence-corrected chi connectivity index (χ0v) is 27.6. The Balaban J connectivity index is 1.25. The van der Waals surface area contributed by atoms with Crippen LogP contribution in [0.5, 0.6) is 0 Å². The molecule has 4 nitrogen and oxygen atoms in total. The van der Waals surface area contributed by atoms with E-state index in [2.05, 4.69) is 167 Å². The van der Waals surface area contributed by atoms with E-state index in [1.807, 2.05) is 0 Å². The third kappa shape index (κ3) is 3.12. The van der Waals surface area contributed by atoms with Crippen molar-refractivity contribution in [2.75, 3.05) is 0 Å². The number of para-hydroxylation sites is 4. The monoisotopic (exact) mass is 636 g/mol. The lowest BCUT2D eigenvalue weighted by Crippen LogP contribution is -2.55. The highest BCUT2D eigenvalue weighted by atomic mass is 15.1. The molecule has 0 spiro atoms. The SMILES string of the molecule is Cc1cccc(C)c1-c1nc2cccc3c2n1B1c2c-3cccc2-n2c3cc4c5ccccc5n(-c5ccccc5)c4cc3c3cccc1c32. The first-order valence-corrected chi connectivity index (χ1v) is 17.4. The summed E-state index contributed by atoms with van der Waals surface area (Å²) in [6, 6.07) is 51.5. The number of rotatable bonds is 2. The predicted molar refractivity (Wildman–Crippen MR) is 209 cm³/mol. The van der Waals surface area contributed by atoms with Crippen molar-refractivity contribution in [3.05, 3.63) is 151 Å². The highest BCUT2D eigenvalue weighted by molar-refractivity contribution is 6.89. The number of aryl methyl sites for hydroxylation is 2. The molecular formula is C45H29BN4. The minimum Gasteiger partial charge on any atom is -0.359 e. The van der Waals surface area contributed by atoms with Gasteiger partial charge in [0.25, 0.3) is 0 Å². The van der Waals surface area contributed by atoms with Crippen LogP contribution >= 0.6 is 0 Å². The van der Waals surface area contributed by atoms with E-state index < -0.39 is 0 Å². The summed E-state index contributed by atoms with van der Waals surface area (Å²) in [6.07, 6.45) is 0. The summed E-state index contributed by atoms with van der Waals surface area (Å²) in [5, 5.41) is 5.09. The molecule has 0 atom stereocenters. The summed E-state index contributed by atoms with van der Waals surface area (Å²) in [4.78, 5) is 5.42. The van der Waals surface area contributed by atoms with Crippen molar-refractivity contribution in [2.45, 2.75) is 13.8 Å². The minimum atomic E-state index is -0.0102. The molecule has 0 saturated carbocycles. The number of nitrogens with zero attached hydrogens (tertiary/aromatic N) is 4. The summed E-state index contributed by atoms with van der Waals surface area (Å²) < 4.78 is 7.55. The Morgan fingerprint density at radius 3 is 2.06 bits per heavy atom. The lowest BCUT2D eigenvalue weighted by Gasteiger charge is -2.34. The molecule has 0 N–H and O–H groups in total. The van der Waals surface area contributed by atoms with Gasteiger partial charge in [-0.2, -0.15) is 0 Å². The van der Waals surface area contributed by atoms with Gasteiger partial charge in [-0.1, -0.05) is 97.1 Å². The molecule has 0 unspecified atom stereocenters. The lowest BCUT2D eigenvalue weighted by atomic mass is 9.45. The van der Waals surface area contributed by atoms with Crippen LogP contribution in [0.15, 0.2) is 140 Å². The Kier molecular flexibility index (Phi) is 4.90. The summed E-state index contributed by atoms with van der Waals surface area (Å²) in [7, 11) is 0. The average molecular weight is 637 g/mol. The smallest absolute Gasteiger partial charge is 0.334 e. The summed E-state index contributed by atoms with van der Waals surface area (Å²) in [5.41, 5.74) is 18.6. The molecule has 2 aliphatic rings. The molecule has 0 bridgehead atoms. The molecule has 50 heavy (non-hydrogen) atoms. The second kappa shape index (κ2) is 9.22. The van der Waals surface area contributed by atoms with Gasteiger partial charge in [0, 0.05) is 44.0 Å². The van der Waals surface area contributed by atoms with Gasteiger partial charge in [-0.3, -0.25) is 0 Å². The topological polar surface area (TPSA) is 27.7 Å². The van der Waals surface area contributed by atoms with Crippen LogP contribution in [0.4, 0.5) is 0 Å². The molecule has 5 heterocycles. The van der Waals surface area contributed by atoms with Gasteiger partial charge < -0.3 is 13.6 Å². The lowest BCUT2D eigenvalue weighted by molar-refractivity contribution is 1.15. The first-order valence-electron chi connectivity index (χ1n) is 17.4. The molecule has 2 aliphatic heterocycles. The molecule has 7 aromatic carbocycles. The van der Waals surface area contributed by atoms with E-state index in [9.17, 15) is 0 Å². The first-order chi connectivity index (χ1) is 24.7. The third-order valence-electron chi connectivity index (χ3n) is 11.5. The highest BCUT2D eigenvalue weighted by Crippen LogP contribution is 2.44. The summed E-state index contributed by atoms with van der Waals surface area (Å²) >= 11 is 0. The van der Waals surface area contributed by atoms with E-state index in [1.54, 1.807) is 0 Å². The number of aromatic nitrogens is 4. The molecule has 0 aliphatic carbocycles. The number of imidazole rings is 1. The Hall–Kier alpha value is -6.33. The molecule has 10 aromatic rings. The largest absolute Gasteiger partial charge is 0.359 e. The third-order valence-corrected chi connectivity index (χ3v) is 11.5. The molecule has 0 radical (unpaired) electrons. The first kappa shape index (κ1) is 26.6. The van der Waals surface area contributed by atoms with Crippen molar-refractivity contribution in [1.82, 2.24) is 18.6 Å². The fraction of sp³-hybridized carbons (Fsp3) is 0.0444. The van der Waals surface area contributed by atoms with Crippen molar-refractivity contribution in [3.8, 4) is 33.9 Å². The fourth-order valence-corrected chi connectivity index (χ4v) is 9.53. The maximum atomic E-state index is 5.42.